The quantitative estimate of drug-likeness (QED) is 0.887. The summed E-state index contributed by atoms with van der Waals surface area (Å²) in [5.74, 6) is -1.31. The third-order valence-electron chi connectivity index (χ3n) is 3.08. The second-order valence-electron chi connectivity index (χ2n) is 4.77. The van der Waals surface area contributed by atoms with Crippen LogP contribution >= 0.6 is 0 Å². The molecule has 0 saturated carbocycles. The number of ether oxygens (including phenoxy) is 1. The molecule has 0 radical (unpaired) electrons. The molecule has 0 aromatic heterocycles. The lowest BCUT2D eigenvalue weighted by atomic mass is 10.1. The zero-order valence-electron chi connectivity index (χ0n) is 11.5. The number of hydrogen-bond donors (Lipinski definition) is 2. The largest absolute Gasteiger partial charge is 0.486 e. The van der Waals surface area contributed by atoms with Gasteiger partial charge < -0.3 is 15.6 Å². The van der Waals surface area contributed by atoms with Crippen LogP contribution in [-0.4, -0.2) is 11.1 Å². The molecule has 2 aromatic rings. The van der Waals surface area contributed by atoms with Crippen LogP contribution in [0.15, 0.2) is 42.5 Å². The first-order valence-corrected chi connectivity index (χ1v) is 6.47. The molecule has 0 saturated heterocycles. The first-order valence-electron chi connectivity index (χ1n) is 6.47. The Kier molecular flexibility index (Phi) is 4.55. The summed E-state index contributed by atoms with van der Waals surface area (Å²) in [6.07, 6.45) is 0. The molecule has 0 spiro atoms. The van der Waals surface area contributed by atoms with Gasteiger partial charge in [-0.05, 0) is 42.3 Å². The Hall–Kier alpha value is -2.40. The summed E-state index contributed by atoms with van der Waals surface area (Å²) in [5, 5.41) is 8.80. The predicted molar refractivity (Wildman–Crippen MR) is 76.7 cm³/mol. The Bertz CT molecular complexity index is 638. The van der Waals surface area contributed by atoms with Crippen LogP contribution in [0.2, 0.25) is 0 Å². The van der Waals surface area contributed by atoms with E-state index in [0.717, 1.165) is 5.56 Å². The molecule has 0 fully saturated rings. The van der Waals surface area contributed by atoms with Crippen LogP contribution in [0, 0.1) is 5.82 Å². The van der Waals surface area contributed by atoms with Crippen LogP contribution in [0.4, 0.5) is 4.39 Å². The van der Waals surface area contributed by atoms with Crippen LogP contribution in [0.1, 0.15) is 34.5 Å². The third-order valence-corrected chi connectivity index (χ3v) is 3.08. The second-order valence-corrected chi connectivity index (χ2v) is 4.77. The highest BCUT2D eigenvalue weighted by atomic mass is 19.1. The van der Waals surface area contributed by atoms with Gasteiger partial charge in [-0.25, -0.2) is 9.18 Å². The number of carboxylic acid groups (broad SMARTS) is 1. The average molecular weight is 289 g/mol. The Balaban J connectivity index is 2.04. The number of carbonyl (C=O) groups is 1. The summed E-state index contributed by atoms with van der Waals surface area (Å²) in [4.78, 5) is 10.7. The van der Waals surface area contributed by atoms with Gasteiger partial charge in [0.1, 0.15) is 6.61 Å². The van der Waals surface area contributed by atoms with E-state index >= 15 is 0 Å². The average Bonchev–Trinajstić information content (AvgIpc) is 2.46. The number of aromatic carboxylic acids is 1. The number of hydrogen-bond acceptors (Lipinski definition) is 3. The lowest BCUT2D eigenvalue weighted by Crippen LogP contribution is -2.06. The highest BCUT2D eigenvalue weighted by molar-refractivity contribution is 5.87. The van der Waals surface area contributed by atoms with Crippen molar-refractivity contribution >= 4 is 5.97 Å². The van der Waals surface area contributed by atoms with E-state index in [9.17, 15) is 9.18 Å². The van der Waals surface area contributed by atoms with Crippen molar-refractivity contribution in [2.75, 3.05) is 0 Å². The van der Waals surface area contributed by atoms with Gasteiger partial charge in [0.15, 0.2) is 11.6 Å². The van der Waals surface area contributed by atoms with E-state index in [0.29, 0.717) is 5.56 Å². The van der Waals surface area contributed by atoms with Crippen LogP contribution in [0.5, 0.6) is 5.75 Å². The van der Waals surface area contributed by atoms with Crippen LogP contribution in [0.3, 0.4) is 0 Å². The van der Waals surface area contributed by atoms with Crippen molar-refractivity contribution in [1.29, 1.82) is 0 Å². The maximum Gasteiger partial charge on any atom is 0.335 e. The smallest absolute Gasteiger partial charge is 0.335 e. The molecular weight excluding hydrogens is 273 g/mol. The van der Waals surface area contributed by atoms with Crippen LogP contribution in [0.25, 0.3) is 0 Å². The van der Waals surface area contributed by atoms with Crippen molar-refractivity contribution in [2.24, 2.45) is 5.73 Å². The summed E-state index contributed by atoms with van der Waals surface area (Å²) < 4.78 is 19.2. The number of rotatable bonds is 5. The minimum absolute atomic E-state index is 0.140. The van der Waals surface area contributed by atoms with Gasteiger partial charge in [0.2, 0.25) is 0 Å². The van der Waals surface area contributed by atoms with Crippen molar-refractivity contribution in [1.82, 2.24) is 0 Å². The van der Waals surface area contributed by atoms with E-state index in [1.807, 2.05) is 0 Å². The number of halogens is 1. The first kappa shape index (κ1) is 15.0. The number of benzene rings is 2. The lowest BCUT2D eigenvalue weighted by Gasteiger charge is -2.10. The molecule has 0 aliphatic rings. The van der Waals surface area contributed by atoms with E-state index < -0.39 is 11.8 Å². The fourth-order valence-electron chi connectivity index (χ4n) is 1.82. The number of nitrogens with two attached hydrogens (primary N) is 1. The Morgan fingerprint density at radius 3 is 2.48 bits per heavy atom. The van der Waals surface area contributed by atoms with Gasteiger partial charge in [-0.15, -0.1) is 0 Å². The van der Waals surface area contributed by atoms with Crippen LogP contribution < -0.4 is 10.5 Å². The highest BCUT2D eigenvalue weighted by Gasteiger charge is 2.08. The van der Waals surface area contributed by atoms with Crippen molar-refractivity contribution in [3.63, 3.8) is 0 Å². The molecule has 2 aromatic carbocycles. The molecule has 0 heterocycles. The van der Waals surface area contributed by atoms with Crippen molar-refractivity contribution in [3.05, 3.63) is 65.0 Å². The molecule has 4 nitrogen and oxygen atoms in total. The second kappa shape index (κ2) is 6.37. The normalized spacial score (nSPS) is 12.0. The molecular formula is C16H16FNO3. The molecule has 3 N–H and O–H groups in total. The molecule has 0 aliphatic heterocycles. The molecule has 1 atom stereocenters. The van der Waals surface area contributed by atoms with Gasteiger partial charge in [-0.1, -0.05) is 18.2 Å². The summed E-state index contributed by atoms with van der Waals surface area (Å²) in [6.45, 7) is 1.94. The van der Waals surface area contributed by atoms with Crippen molar-refractivity contribution < 1.29 is 19.0 Å². The fourth-order valence-corrected chi connectivity index (χ4v) is 1.82. The number of carboxylic acids is 1. The maximum atomic E-state index is 13.8. The molecule has 0 amide bonds. The lowest BCUT2D eigenvalue weighted by molar-refractivity contribution is 0.0697. The van der Waals surface area contributed by atoms with Gasteiger partial charge in [-0.2, -0.15) is 0 Å². The molecule has 0 bridgehead atoms. The van der Waals surface area contributed by atoms with Gasteiger partial charge in [0.05, 0.1) is 5.56 Å². The summed E-state index contributed by atoms with van der Waals surface area (Å²) in [5.41, 5.74) is 7.34. The molecule has 0 aliphatic carbocycles. The predicted octanol–water partition coefficient (Wildman–Crippen LogP) is 3.12. The van der Waals surface area contributed by atoms with Crippen molar-refractivity contribution in [3.8, 4) is 5.75 Å². The van der Waals surface area contributed by atoms with E-state index in [1.165, 1.54) is 18.2 Å². The minimum atomic E-state index is -0.986. The Morgan fingerprint density at radius 2 is 1.95 bits per heavy atom. The summed E-state index contributed by atoms with van der Waals surface area (Å²) >= 11 is 0. The Morgan fingerprint density at radius 1 is 1.29 bits per heavy atom. The van der Waals surface area contributed by atoms with Gasteiger partial charge in [-0.3, -0.25) is 0 Å². The molecule has 2 rings (SSSR count). The van der Waals surface area contributed by atoms with Gasteiger partial charge in [0.25, 0.3) is 0 Å². The summed E-state index contributed by atoms with van der Waals surface area (Å²) in [6, 6.07) is 10.6. The molecule has 21 heavy (non-hydrogen) atoms. The highest BCUT2D eigenvalue weighted by Crippen LogP contribution is 2.22. The third kappa shape index (κ3) is 3.79. The van der Waals surface area contributed by atoms with E-state index in [-0.39, 0.29) is 24.0 Å². The van der Waals surface area contributed by atoms with E-state index in [4.69, 9.17) is 15.6 Å². The fraction of sp³-hybridized carbons (Fsp3) is 0.188. The van der Waals surface area contributed by atoms with E-state index in [1.54, 1.807) is 31.2 Å². The minimum Gasteiger partial charge on any atom is -0.486 e. The Labute approximate surface area is 122 Å². The standard InChI is InChI=1S/C16H16FNO3/c1-10(18)13-6-7-15(14(17)8-13)21-9-11-2-4-12(5-3-11)16(19)20/h2-8,10H,9,18H2,1H3,(H,19,20). The SMILES string of the molecule is CC(N)c1ccc(OCc2ccc(C(=O)O)cc2)c(F)c1. The van der Waals surface area contributed by atoms with Crippen LogP contribution in [-0.2, 0) is 6.61 Å². The van der Waals surface area contributed by atoms with Gasteiger partial charge >= 0.3 is 5.97 Å². The maximum absolute atomic E-state index is 13.8. The molecule has 1 unspecified atom stereocenters. The zero-order valence-corrected chi connectivity index (χ0v) is 11.5. The molecule has 110 valence electrons. The zero-order chi connectivity index (χ0) is 15.4. The monoisotopic (exact) mass is 289 g/mol. The van der Waals surface area contributed by atoms with Crippen molar-refractivity contribution in [2.45, 2.75) is 19.6 Å². The molecule has 5 heteroatoms. The van der Waals surface area contributed by atoms with E-state index in [2.05, 4.69) is 0 Å². The topological polar surface area (TPSA) is 72.5 Å². The summed E-state index contributed by atoms with van der Waals surface area (Å²) in [7, 11) is 0. The van der Waals surface area contributed by atoms with Gasteiger partial charge in [0, 0.05) is 6.04 Å². The first-order chi connectivity index (χ1) is 9.97.